The van der Waals surface area contributed by atoms with Crippen molar-refractivity contribution in [3.63, 3.8) is 0 Å². The highest BCUT2D eigenvalue weighted by Crippen LogP contribution is 2.38. The van der Waals surface area contributed by atoms with Crippen LogP contribution in [0, 0.1) is 0 Å². The average molecular weight is 818 g/mol. The number of amides is 3. The zero-order chi connectivity index (χ0) is 40.0. The summed E-state index contributed by atoms with van der Waals surface area (Å²) < 4.78 is 73.4. The number of piperidine rings is 2. The number of carbonyl (C=O) groups is 2. The number of imide groups is 1. The van der Waals surface area contributed by atoms with Gasteiger partial charge in [0.05, 0.1) is 39.0 Å². The van der Waals surface area contributed by atoms with Gasteiger partial charge in [-0.15, -0.1) is 0 Å². The zero-order valence-electron chi connectivity index (χ0n) is 30.9. The highest BCUT2D eigenvalue weighted by atomic mass is 35.5. The fraction of sp³-hybridized carbons (Fsp3) is 0.486. The monoisotopic (exact) mass is 817 g/mol. The molecule has 1 atom stereocenters. The minimum Gasteiger partial charge on any atom is -0.388 e. The van der Waals surface area contributed by atoms with Crippen LogP contribution in [-0.4, -0.2) is 105 Å². The molecule has 3 aliphatic heterocycles. The van der Waals surface area contributed by atoms with E-state index in [-0.39, 0.29) is 62.5 Å². The standard InChI is InChI=1S/C37H43ClF3N9O5S/c1-36(53,22-48-12-7-23(8-13-48)24-4-6-29-31(17-24)47(2)46-33(29)50-16-11-32(51)45-35(50)52)19-25-3-5-28(18-30(25)37(39,40)41)56(54,55)49-14-9-27(10-15-49)44-34-42-20-26(38)21-43-34/h3-6,17-18,20-21,23,27,53H,7-16,19,22H2,1-2H3,(H,42,43,44)(H,45,51,52). The molecule has 5 heterocycles. The smallest absolute Gasteiger partial charge is 0.388 e. The third kappa shape index (κ3) is 8.63. The topological polar surface area (TPSA) is 166 Å². The number of benzene rings is 2. The van der Waals surface area contributed by atoms with Crippen LogP contribution in [-0.2, 0) is 34.5 Å². The molecule has 2 aromatic heterocycles. The lowest BCUT2D eigenvalue weighted by Crippen LogP contribution is -2.49. The van der Waals surface area contributed by atoms with Gasteiger partial charge in [-0.1, -0.05) is 23.7 Å². The number of hydrogen-bond acceptors (Lipinski definition) is 10. The quantitative estimate of drug-likeness (QED) is 0.200. The molecule has 3 saturated heterocycles. The normalized spacial score (nSPS) is 19.7. The highest BCUT2D eigenvalue weighted by Gasteiger charge is 2.39. The van der Waals surface area contributed by atoms with Crippen LogP contribution >= 0.6 is 11.6 Å². The van der Waals surface area contributed by atoms with E-state index in [0.717, 1.165) is 29.3 Å². The highest BCUT2D eigenvalue weighted by molar-refractivity contribution is 7.89. The number of aryl methyl sites for hydroxylation is 1. The van der Waals surface area contributed by atoms with E-state index in [0.29, 0.717) is 48.8 Å². The summed E-state index contributed by atoms with van der Waals surface area (Å²) in [5.74, 6) is 0.709. The molecule has 1 unspecified atom stereocenters. The molecule has 19 heteroatoms. The predicted molar refractivity (Wildman–Crippen MR) is 203 cm³/mol. The number of halogens is 4. The van der Waals surface area contributed by atoms with E-state index in [1.807, 2.05) is 17.0 Å². The molecular formula is C37H43ClF3N9O5S. The Kier molecular flexibility index (Phi) is 11.1. The fourth-order valence-corrected chi connectivity index (χ4v) is 9.53. The molecule has 2 aromatic carbocycles. The molecule has 0 radical (unpaired) electrons. The van der Waals surface area contributed by atoms with Crippen molar-refractivity contribution in [1.29, 1.82) is 0 Å². The molecule has 7 rings (SSSR count). The summed E-state index contributed by atoms with van der Waals surface area (Å²) in [6.07, 6.45) is 0.218. The number of aromatic nitrogens is 4. The van der Waals surface area contributed by atoms with E-state index in [2.05, 4.69) is 31.8 Å². The van der Waals surface area contributed by atoms with Gasteiger partial charge in [0.1, 0.15) is 0 Å². The number of rotatable bonds is 10. The van der Waals surface area contributed by atoms with Gasteiger partial charge in [-0.05, 0) is 87.0 Å². The van der Waals surface area contributed by atoms with Crippen molar-refractivity contribution < 1.29 is 36.3 Å². The first kappa shape index (κ1) is 39.9. The van der Waals surface area contributed by atoms with Gasteiger partial charge in [-0.25, -0.2) is 23.2 Å². The SMILES string of the molecule is Cn1nc(N2CCC(=O)NC2=O)c2ccc(C3CCN(CC(C)(O)Cc4ccc(S(=O)(=O)N5CCC(Nc6ncc(Cl)cn6)CC5)cc4C(F)(F)F)CC3)cc21. The van der Waals surface area contributed by atoms with Gasteiger partial charge in [0.25, 0.3) is 0 Å². The van der Waals surface area contributed by atoms with E-state index in [1.165, 1.54) is 40.7 Å². The lowest BCUT2D eigenvalue weighted by atomic mass is 9.87. The van der Waals surface area contributed by atoms with Crippen LogP contribution in [0.25, 0.3) is 10.9 Å². The average Bonchev–Trinajstić information content (AvgIpc) is 3.47. The van der Waals surface area contributed by atoms with E-state index in [1.54, 1.807) is 11.7 Å². The Morgan fingerprint density at radius 3 is 2.34 bits per heavy atom. The van der Waals surface area contributed by atoms with E-state index in [4.69, 9.17) is 11.6 Å². The minimum absolute atomic E-state index is 0.101. The number of urea groups is 1. The summed E-state index contributed by atoms with van der Waals surface area (Å²) in [4.78, 5) is 35.3. The number of nitrogens with zero attached hydrogens (tertiary/aromatic N) is 7. The Hall–Kier alpha value is -4.36. The van der Waals surface area contributed by atoms with Gasteiger partial charge >= 0.3 is 12.2 Å². The minimum atomic E-state index is -4.85. The van der Waals surface area contributed by atoms with Crippen molar-refractivity contribution in [2.45, 2.75) is 74.1 Å². The number of hydrogen-bond donors (Lipinski definition) is 3. The summed E-state index contributed by atoms with van der Waals surface area (Å²) in [7, 11) is -2.43. The van der Waals surface area contributed by atoms with E-state index >= 15 is 0 Å². The maximum absolute atomic E-state index is 14.5. The Bertz CT molecular complexity index is 2220. The summed E-state index contributed by atoms with van der Waals surface area (Å²) >= 11 is 5.84. The van der Waals surface area contributed by atoms with Gasteiger partial charge in [0, 0.05) is 57.5 Å². The molecule has 3 fully saturated rings. The number of likely N-dealkylation sites (tertiary alicyclic amines) is 1. The Balaban J connectivity index is 0.969. The molecule has 14 nitrogen and oxygen atoms in total. The third-order valence-corrected chi connectivity index (χ3v) is 12.9. The summed E-state index contributed by atoms with van der Waals surface area (Å²) in [6.45, 7) is 3.30. The number of carbonyl (C=O) groups excluding carboxylic acids is 2. The van der Waals surface area contributed by atoms with Gasteiger partial charge in [0.15, 0.2) is 5.82 Å². The van der Waals surface area contributed by atoms with Crippen LogP contribution in [0.1, 0.15) is 61.6 Å². The molecule has 0 saturated carbocycles. The van der Waals surface area contributed by atoms with E-state index < -0.39 is 38.3 Å². The van der Waals surface area contributed by atoms with Crippen LogP contribution in [0.5, 0.6) is 0 Å². The molecule has 3 aliphatic rings. The first-order valence-corrected chi connectivity index (χ1v) is 20.3. The fourth-order valence-electron chi connectivity index (χ4n) is 7.94. The molecule has 0 aliphatic carbocycles. The third-order valence-electron chi connectivity index (χ3n) is 10.8. The molecule has 3 N–H and O–H groups in total. The molecule has 0 spiro atoms. The van der Waals surface area contributed by atoms with Crippen molar-refractivity contribution in [3.8, 4) is 0 Å². The first-order valence-electron chi connectivity index (χ1n) is 18.4. The van der Waals surface area contributed by atoms with Gasteiger partial charge in [-0.3, -0.25) is 19.7 Å². The molecule has 56 heavy (non-hydrogen) atoms. The Morgan fingerprint density at radius 1 is 0.982 bits per heavy atom. The summed E-state index contributed by atoms with van der Waals surface area (Å²) in [6, 6.07) is 8.41. The lowest BCUT2D eigenvalue weighted by molar-refractivity contribution is -0.138. The second-order valence-electron chi connectivity index (χ2n) is 15.1. The van der Waals surface area contributed by atoms with Crippen LogP contribution in [0.15, 0.2) is 53.7 Å². The van der Waals surface area contributed by atoms with Gasteiger partial charge in [-0.2, -0.15) is 22.6 Å². The molecule has 3 amide bonds. The van der Waals surface area contributed by atoms with Crippen molar-refractivity contribution >= 4 is 56.2 Å². The largest absolute Gasteiger partial charge is 0.416 e. The van der Waals surface area contributed by atoms with Gasteiger partial charge in [0.2, 0.25) is 21.9 Å². The molecule has 4 aromatic rings. The second kappa shape index (κ2) is 15.5. The lowest BCUT2D eigenvalue weighted by Gasteiger charge is -2.37. The Labute approximate surface area is 327 Å². The second-order valence-corrected chi connectivity index (χ2v) is 17.4. The van der Waals surface area contributed by atoms with Crippen LogP contribution < -0.4 is 15.5 Å². The number of sulfonamides is 1. The Morgan fingerprint density at radius 2 is 1.68 bits per heavy atom. The number of β-amino-alcohol motifs (C(OH)–C–C–N with tert-alkyl or cyclic N) is 1. The maximum atomic E-state index is 14.5. The number of alkyl halides is 3. The van der Waals surface area contributed by atoms with Crippen LogP contribution in [0.2, 0.25) is 5.02 Å². The molecular weight excluding hydrogens is 775 g/mol. The summed E-state index contributed by atoms with van der Waals surface area (Å²) in [5.41, 5.74) is -0.868. The molecule has 0 bridgehead atoms. The van der Waals surface area contributed by atoms with Crippen molar-refractivity contribution in [2.75, 3.05) is 49.5 Å². The predicted octanol–water partition coefficient (Wildman–Crippen LogP) is 4.92. The zero-order valence-corrected chi connectivity index (χ0v) is 32.5. The van der Waals surface area contributed by atoms with Crippen LogP contribution in [0.4, 0.5) is 29.7 Å². The van der Waals surface area contributed by atoms with E-state index in [9.17, 15) is 36.3 Å². The molecule has 300 valence electrons. The number of aliphatic hydroxyl groups is 1. The van der Waals surface area contributed by atoms with Crippen LogP contribution in [0.3, 0.4) is 0 Å². The first-order chi connectivity index (χ1) is 26.5. The maximum Gasteiger partial charge on any atom is 0.416 e. The number of anilines is 2. The summed E-state index contributed by atoms with van der Waals surface area (Å²) in [5, 5.41) is 22.6. The number of fused-ring (bicyclic) bond motifs is 1. The van der Waals surface area contributed by atoms with Crippen molar-refractivity contribution in [3.05, 3.63) is 70.5 Å². The van der Waals surface area contributed by atoms with Crippen molar-refractivity contribution in [2.24, 2.45) is 7.05 Å². The van der Waals surface area contributed by atoms with Gasteiger partial charge < -0.3 is 15.3 Å². The number of nitrogens with one attached hydrogen (secondary N) is 2. The van der Waals surface area contributed by atoms with Crippen molar-refractivity contribution in [1.82, 2.24) is 34.3 Å².